The van der Waals surface area contributed by atoms with Crippen LogP contribution in [0.1, 0.15) is 34.1 Å². The van der Waals surface area contributed by atoms with Crippen molar-refractivity contribution >= 4 is 30.7 Å². The minimum absolute atomic E-state index is 0.0165. The van der Waals surface area contributed by atoms with Crippen molar-refractivity contribution in [2.75, 3.05) is 0 Å². The van der Waals surface area contributed by atoms with Crippen LogP contribution >= 0.6 is 17.2 Å². The summed E-state index contributed by atoms with van der Waals surface area (Å²) in [6.45, 7) is 14.5. The summed E-state index contributed by atoms with van der Waals surface area (Å²) >= 11 is -2.99. The van der Waals surface area contributed by atoms with Crippen LogP contribution in [0, 0.1) is 17.3 Å². The first-order chi connectivity index (χ1) is 12.2. The Balaban J connectivity index is 2.48. The van der Waals surface area contributed by atoms with E-state index in [-0.39, 0.29) is 8.59 Å². The maximum absolute atomic E-state index is 7.16. The molecule has 3 atom stereocenters. The summed E-state index contributed by atoms with van der Waals surface area (Å²) < 4.78 is -0.151. The number of allylic oxidation sites excluding steroid dienone is 10. The van der Waals surface area contributed by atoms with Gasteiger partial charge in [0.1, 0.15) is 0 Å². The van der Waals surface area contributed by atoms with E-state index in [0.717, 1.165) is 6.42 Å². The molecule has 0 aromatic carbocycles. The first-order valence-electron chi connectivity index (χ1n) is 9.53. The van der Waals surface area contributed by atoms with Gasteiger partial charge in [-0.1, -0.05) is 0 Å². The second kappa shape index (κ2) is 7.58. The Hall–Kier alpha value is 0.237. The summed E-state index contributed by atoms with van der Waals surface area (Å²) in [5.41, 5.74) is 4.49. The topological polar surface area (TPSA) is 0 Å². The van der Waals surface area contributed by atoms with E-state index in [1.165, 1.54) is 11.1 Å². The van der Waals surface area contributed by atoms with Crippen molar-refractivity contribution in [1.82, 2.24) is 0 Å². The number of halogens is 2. The first-order valence-corrected chi connectivity index (χ1v) is 22.7. The Morgan fingerprint density at radius 1 is 1.19 bits per heavy atom. The molecule has 3 aliphatic rings. The SMILES string of the molecule is CC1C=CC=CC2=C1C(=[Si](C)C)C(C)(C(C)C)[C]2(C1=CC=CC1)[Hf]([Cl])[Cl]. The van der Waals surface area contributed by atoms with Crippen LogP contribution in [0.25, 0.3) is 0 Å². The van der Waals surface area contributed by atoms with Gasteiger partial charge in [0.05, 0.1) is 0 Å². The third kappa shape index (κ3) is 2.73. The molecule has 26 heavy (non-hydrogen) atoms. The molecular formula is C22H29Cl2HfSi. The summed E-state index contributed by atoms with van der Waals surface area (Å²) in [5, 5.41) is 1.69. The Bertz CT molecular complexity index is 793. The van der Waals surface area contributed by atoms with Crippen molar-refractivity contribution in [3.05, 3.63) is 59.3 Å². The molecule has 0 aromatic rings. The molecule has 0 aliphatic heterocycles. The van der Waals surface area contributed by atoms with Gasteiger partial charge in [-0.05, 0) is 0 Å². The zero-order chi connectivity index (χ0) is 19.3. The molecule has 0 heterocycles. The fourth-order valence-corrected chi connectivity index (χ4v) is 21.1. The van der Waals surface area contributed by atoms with Crippen LogP contribution in [0.3, 0.4) is 0 Å². The fraction of sp³-hybridized carbons (Fsp3) is 0.500. The zero-order valence-corrected chi connectivity index (χ0v) is 22.8. The summed E-state index contributed by atoms with van der Waals surface area (Å²) in [5.74, 6) is 0.914. The third-order valence-corrected chi connectivity index (χ3v) is 19.1. The van der Waals surface area contributed by atoms with Gasteiger partial charge in [0.2, 0.25) is 0 Å². The van der Waals surface area contributed by atoms with Gasteiger partial charge in [-0.3, -0.25) is 0 Å². The van der Waals surface area contributed by atoms with E-state index in [4.69, 9.17) is 17.2 Å². The molecule has 0 radical (unpaired) electrons. The molecule has 0 fully saturated rings. The van der Waals surface area contributed by atoms with Crippen molar-refractivity contribution in [1.29, 1.82) is 0 Å². The molecule has 0 saturated carbocycles. The average Bonchev–Trinajstić information content (AvgIpc) is 3.10. The van der Waals surface area contributed by atoms with E-state index < -0.39 is 27.5 Å². The molecule has 3 rings (SSSR count). The van der Waals surface area contributed by atoms with Gasteiger partial charge >= 0.3 is 177 Å². The summed E-state index contributed by atoms with van der Waals surface area (Å²) in [6.07, 6.45) is 16.9. The molecule has 0 spiro atoms. The quantitative estimate of drug-likeness (QED) is 0.315. The van der Waals surface area contributed by atoms with Crippen molar-refractivity contribution in [2.24, 2.45) is 17.3 Å². The summed E-state index contributed by atoms with van der Waals surface area (Å²) in [7, 11) is 13.7. The van der Waals surface area contributed by atoms with Gasteiger partial charge in [-0.15, -0.1) is 0 Å². The average molecular weight is 571 g/mol. The molecule has 0 N–H and O–H groups in total. The summed E-state index contributed by atoms with van der Waals surface area (Å²) in [6, 6.07) is 0. The van der Waals surface area contributed by atoms with E-state index in [1.54, 1.807) is 10.7 Å². The van der Waals surface area contributed by atoms with Crippen LogP contribution in [0.5, 0.6) is 0 Å². The van der Waals surface area contributed by atoms with Crippen LogP contribution in [0.4, 0.5) is 0 Å². The van der Waals surface area contributed by atoms with E-state index in [2.05, 4.69) is 83.3 Å². The summed E-state index contributed by atoms with van der Waals surface area (Å²) in [4.78, 5) is 0. The number of hydrogen-bond donors (Lipinski definition) is 0. The number of rotatable bonds is 3. The van der Waals surface area contributed by atoms with E-state index in [9.17, 15) is 0 Å². The predicted molar refractivity (Wildman–Crippen MR) is 116 cm³/mol. The van der Waals surface area contributed by atoms with Gasteiger partial charge in [-0.2, -0.15) is 0 Å². The number of hydrogen-bond acceptors (Lipinski definition) is 0. The molecule has 0 saturated heterocycles. The van der Waals surface area contributed by atoms with Gasteiger partial charge < -0.3 is 0 Å². The second-order valence-corrected chi connectivity index (χ2v) is 23.3. The molecule has 3 unspecified atom stereocenters. The van der Waals surface area contributed by atoms with Gasteiger partial charge in [0, 0.05) is 0 Å². The van der Waals surface area contributed by atoms with Crippen LogP contribution in [0.2, 0.25) is 16.3 Å². The van der Waals surface area contributed by atoms with Gasteiger partial charge in [-0.25, -0.2) is 0 Å². The van der Waals surface area contributed by atoms with Crippen molar-refractivity contribution in [3.8, 4) is 0 Å². The van der Waals surface area contributed by atoms with E-state index in [0.29, 0.717) is 11.8 Å². The molecule has 139 valence electrons. The Kier molecular flexibility index (Phi) is 6.11. The second-order valence-electron chi connectivity index (χ2n) is 8.43. The molecule has 4 heteroatoms. The first kappa shape index (κ1) is 21.0. The fourth-order valence-electron chi connectivity index (χ4n) is 5.41. The maximum atomic E-state index is 7.16. The Labute approximate surface area is 175 Å². The van der Waals surface area contributed by atoms with Crippen LogP contribution in [0.15, 0.2) is 59.3 Å². The third-order valence-electron chi connectivity index (χ3n) is 6.68. The standard InChI is InChI=1S/C22H29Si.2ClH.Hf/c1-15(2)22(4)20(17-12-8-9-13-17)18-14-10-7-11-16(3)19(18)21(22)23(5)6;;;/h7-12,14-16H,13H2,1-6H3;2*1H;/q;;;+2/p-2. The zero-order valence-electron chi connectivity index (χ0n) is 16.7. The minimum atomic E-state index is -2.99. The van der Waals surface area contributed by atoms with Crippen molar-refractivity contribution in [3.63, 3.8) is 0 Å². The van der Waals surface area contributed by atoms with Crippen molar-refractivity contribution < 1.29 is 19.1 Å². The molecule has 0 aromatic heterocycles. The predicted octanol–water partition coefficient (Wildman–Crippen LogP) is 7.20. The molecule has 3 aliphatic carbocycles. The Morgan fingerprint density at radius 2 is 1.88 bits per heavy atom. The van der Waals surface area contributed by atoms with Crippen LogP contribution < -0.4 is 0 Å². The van der Waals surface area contributed by atoms with E-state index in [1.807, 2.05) is 0 Å². The Morgan fingerprint density at radius 3 is 2.38 bits per heavy atom. The van der Waals surface area contributed by atoms with Gasteiger partial charge in [0.25, 0.3) is 0 Å². The van der Waals surface area contributed by atoms with E-state index >= 15 is 0 Å². The monoisotopic (exact) mass is 571 g/mol. The molecular weight excluding hydrogens is 542 g/mol. The van der Waals surface area contributed by atoms with Gasteiger partial charge in [0.15, 0.2) is 0 Å². The van der Waals surface area contributed by atoms with Crippen molar-refractivity contribution in [2.45, 2.75) is 50.4 Å². The molecule has 0 amide bonds. The van der Waals surface area contributed by atoms with Crippen LogP contribution in [-0.4, -0.2) is 13.6 Å². The normalized spacial score (nSPS) is 33.0. The molecule has 0 nitrogen and oxygen atoms in total. The molecule has 0 bridgehead atoms. The van der Waals surface area contributed by atoms with Crippen LogP contribution in [-0.2, 0) is 19.1 Å².